The number of hydrogen-bond donors (Lipinski definition) is 1. The molecule has 1 fully saturated rings. The van der Waals surface area contributed by atoms with Gasteiger partial charge in [-0.3, -0.25) is 4.79 Å². The van der Waals surface area contributed by atoms with Crippen LogP contribution in [0.15, 0.2) is 28.7 Å². The Bertz CT molecular complexity index is 489. The van der Waals surface area contributed by atoms with E-state index < -0.39 is 12.0 Å². The molecule has 2 rings (SSSR count). The molecule has 1 aliphatic heterocycles. The summed E-state index contributed by atoms with van der Waals surface area (Å²) in [6.45, 7) is 0.564. The summed E-state index contributed by atoms with van der Waals surface area (Å²) in [5.41, 5.74) is 1.08. The smallest absolute Gasteiger partial charge is 0.326 e. The highest BCUT2D eigenvalue weighted by atomic mass is 79.9. The first-order chi connectivity index (χ1) is 9.08. The highest BCUT2D eigenvalue weighted by Gasteiger charge is 2.33. The van der Waals surface area contributed by atoms with Gasteiger partial charge in [-0.25, -0.2) is 4.79 Å². The van der Waals surface area contributed by atoms with Crippen LogP contribution >= 0.6 is 15.9 Å². The van der Waals surface area contributed by atoms with E-state index in [1.54, 1.807) is 0 Å². The first-order valence-electron chi connectivity index (χ1n) is 6.34. The molecule has 19 heavy (non-hydrogen) atoms. The summed E-state index contributed by atoms with van der Waals surface area (Å²) in [7, 11) is 0. The fourth-order valence-electron chi connectivity index (χ4n) is 2.41. The van der Waals surface area contributed by atoms with Crippen molar-refractivity contribution in [3.8, 4) is 0 Å². The van der Waals surface area contributed by atoms with Crippen LogP contribution in [0.4, 0.5) is 0 Å². The number of amides is 1. The largest absolute Gasteiger partial charge is 0.480 e. The van der Waals surface area contributed by atoms with Crippen LogP contribution in [-0.2, 0) is 16.0 Å². The van der Waals surface area contributed by atoms with Gasteiger partial charge in [0, 0.05) is 17.4 Å². The lowest BCUT2D eigenvalue weighted by Crippen LogP contribution is -2.40. The first-order valence-corrected chi connectivity index (χ1v) is 7.14. The second kappa shape index (κ2) is 6.19. The van der Waals surface area contributed by atoms with E-state index in [9.17, 15) is 9.59 Å². The topological polar surface area (TPSA) is 57.6 Å². The van der Waals surface area contributed by atoms with Gasteiger partial charge < -0.3 is 10.0 Å². The van der Waals surface area contributed by atoms with Crippen molar-refractivity contribution in [2.24, 2.45) is 0 Å². The summed E-state index contributed by atoms with van der Waals surface area (Å²) in [5.74, 6) is -0.960. The van der Waals surface area contributed by atoms with E-state index in [-0.39, 0.29) is 5.91 Å². The van der Waals surface area contributed by atoms with Gasteiger partial charge in [0.1, 0.15) is 6.04 Å². The van der Waals surface area contributed by atoms with E-state index in [1.165, 1.54) is 4.90 Å². The number of carbonyl (C=O) groups is 2. The van der Waals surface area contributed by atoms with Crippen molar-refractivity contribution in [3.05, 3.63) is 34.3 Å². The molecule has 0 saturated carbocycles. The summed E-state index contributed by atoms with van der Waals surface area (Å²) in [5, 5.41) is 9.05. The molecule has 1 aromatic rings. The van der Waals surface area contributed by atoms with Gasteiger partial charge in [-0.15, -0.1) is 0 Å². The number of aliphatic carboxylic acids is 1. The van der Waals surface area contributed by atoms with Crippen LogP contribution in [0.5, 0.6) is 0 Å². The van der Waals surface area contributed by atoms with E-state index in [1.807, 2.05) is 24.3 Å². The summed E-state index contributed by atoms with van der Waals surface area (Å²) >= 11 is 3.39. The van der Waals surface area contributed by atoms with Crippen LogP contribution in [0, 0.1) is 0 Å². The van der Waals surface area contributed by atoms with Crippen LogP contribution in [-0.4, -0.2) is 34.5 Å². The molecule has 0 aliphatic carbocycles. The average Bonchev–Trinajstić information content (AvgIpc) is 2.85. The van der Waals surface area contributed by atoms with E-state index in [0.29, 0.717) is 25.8 Å². The third kappa shape index (κ3) is 3.56. The minimum absolute atomic E-state index is 0.0649. The van der Waals surface area contributed by atoms with E-state index in [2.05, 4.69) is 15.9 Å². The molecule has 4 nitrogen and oxygen atoms in total. The molecule has 5 heteroatoms. The standard InChI is InChI=1S/C14H16BrNO3/c15-11-4-1-3-10(9-11)6-7-13(17)16-8-2-5-12(16)14(18)19/h1,3-4,9,12H,2,5-8H2,(H,18,19)/t12-/m1/s1. The second-order valence-electron chi connectivity index (χ2n) is 4.71. The molecule has 1 N–H and O–H groups in total. The zero-order valence-electron chi connectivity index (χ0n) is 10.5. The Morgan fingerprint density at radius 2 is 2.21 bits per heavy atom. The Balaban J connectivity index is 1.92. The van der Waals surface area contributed by atoms with Crippen LogP contribution in [0.2, 0.25) is 0 Å². The summed E-state index contributed by atoms with van der Waals surface area (Å²) in [6, 6.07) is 7.18. The number of likely N-dealkylation sites (tertiary alicyclic amines) is 1. The van der Waals surface area contributed by atoms with E-state index in [0.717, 1.165) is 16.5 Å². The van der Waals surface area contributed by atoms with Crippen LogP contribution in [0.25, 0.3) is 0 Å². The van der Waals surface area contributed by atoms with Crippen molar-refractivity contribution in [1.82, 2.24) is 4.90 Å². The number of carboxylic acid groups (broad SMARTS) is 1. The molecular formula is C14H16BrNO3. The molecule has 1 saturated heterocycles. The number of benzene rings is 1. The summed E-state index contributed by atoms with van der Waals surface area (Å²) in [4.78, 5) is 24.6. The van der Waals surface area contributed by atoms with Crippen molar-refractivity contribution in [2.45, 2.75) is 31.7 Å². The lowest BCUT2D eigenvalue weighted by Gasteiger charge is -2.21. The minimum atomic E-state index is -0.895. The van der Waals surface area contributed by atoms with E-state index in [4.69, 9.17) is 5.11 Å². The number of rotatable bonds is 4. The van der Waals surface area contributed by atoms with Crippen molar-refractivity contribution >= 4 is 27.8 Å². The maximum absolute atomic E-state index is 12.1. The normalized spacial score (nSPS) is 18.6. The molecule has 102 valence electrons. The number of carboxylic acids is 1. The molecular weight excluding hydrogens is 310 g/mol. The Morgan fingerprint density at radius 3 is 2.89 bits per heavy atom. The van der Waals surface area contributed by atoms with E-state index >= 15 is 0 Å². The van der Waals surface area contributed by atoms with Gasteiger partial charge >= 0.3 is 5.97 Å². The fourth-order valence-corrected chi connectivity index (χ4v) is 2.86. The molecule has 1 heterocycles. The van der Waals surface area contributed by atoms with Crippen molar-refractivity contribution < 1.29 is 14.7 Å². The molecule has 0 spiro atoms. The third-order valence-electron chi connectivity index (χ3n) is 3.37. The van der Waals surface area contributed by atoms with Crippen LogP contribution < -0.4 is 0 Å². The molecule has 0 bridgehead atoms. The van der Waals surface area contributed by atoms with Crippen molar-refractivity contribution in [1.29, 1.82) is 0 Å². The maximum Gasteiger partial charge on any atom is 0.326 e. The van der Waals surface area contributed by atoms with Gasteiger partial charge in [-0.2, -0.15) is 0 Å². The Morgan fingerprint density at radius 1 is 1.42 bits per heavy atom. The van der Waals surface area contributed by atoms with Crippen molar-refractivity contribution in [2.75, 3.05) is 6.54 Å². The molecule has 1 aromatic carbocycles. The Hall–Kier alpha value is -1.36. The minimum Gasteiger partial charge on any atom is -0.480 e. The predicted octanol–water partition coefficient (Wildman–Crippen LogP) is 2.46. The molecule has 1 atom stereocenters. The zero-order valence-corrected chi connectivity index (χ0v) is 12.1. The maximum atomic E-state index is 12.1. The Kier molecular flexibility index (Phi) is 4.58. The predicted molar refractivity (Wildman–Crippen MR) is 74.8 cm³/mol. The molecule has 0 aromatic heterocycles. The number of halogens is 1. The van der Waals surface area contributed by atoms with Crippen LogP contribution in [0.3, 0.4) is 0 Å². The van der Waals surface area contributed by atoms with Gasteiger partial charge in [0.15, 0.2) is 0 Å². The van der Waals surface area contributed by atoms with Gasteiger partial charge in [0.05, 0.1) is 0 Å². The highest BCUT2D eigenvalue weighted by molar-refractivity contribution is 9.10. The number of hydrogen-bond acceptors (Lipinski definition) is 2. The number of nitrogens with zero attached hydrogens (tertiary/aromatic N) is 1. The summed E-state index contributed by atoms with van der Waals surface area (Å²) < 4.78 is 0.988. The van der Waals surface area contributed by atoms with Gasteiger partial charge in [0.2, 0.25) is 5.91 Å². The number of aryl methyl sites for hydroxylation is 1. The summed E-state index contributed by atoms with van der Waals surface area (Å²) in [6.07, 6.45) is 2.35. The van der Waals surface area contributed by atoms with Crippen LogP contribution in [0.1, 0.15) is 24.8 Å². The lowest BCUT2D eigenvalue weighted by atomic mass is 10.1. The second-order valence-corrected chi connectivity index (χ2v) is 5.63. The molecule has 1 aliphatic rings. The Labute approximate surface area is 120 Å². The first kappa shape index (κ1) is 14.1. The fraction of sp³-hybridized carbons (Fsp3) is 0.429. The lowest BCUT2D eigenvalue weighted by molar-refractivity contribution is -0.148. The van der Waals surface area contributed by atoms with Gasteiger partial charge in [-0.1, -0.05) is 28.1 Å². The quantitative estimate of drug-likeness (QED) is 0.925. The average molecular weight is 326 g/mol. The molecule has 0 radical (unpaired) electrons. The number of carbonyl (C=O) groups excluding carboxylic acids is 1. The van der Waals surface area contributed by atoms with Crippen molar-refractivity contribution in [3.63, 3.8) is 0 Å². The van der Waals surface area contributed by atoms with Gasteiger partial charge in [0.25, 0.3) is 0 Å². The van der Waals surface area contributed by atoms with Gasteiger partial charge in [-0.05, 0) is 37.0 Å². The monoisotopic (exact) mass is 325 g/mol. The highest BCUT2D eigenvalue weighted by Crippen LogP contribution is 2.19. The zero-order chi connectivity index (χ0) is 13.8. The molecule has 1 amide bonds. The molecule has 0 unspecified atom stereocenters. The third-order valence-corrected chi connectivity index (χ3v) is 3.87. The SMILES string of the molecule is O=C(O)[C@H]1CCCN1C(=O)CCc1cccc(Br)c1.